The van der Waals surface area contributed by atoms with Crippen molar-refractivity contribution in [1.82, 2.24) is 9.55 Å². The highest BCUT2D eigenvalue weighted by Gasteiger charge is 2.36. The molecule has 0 amide bonds. The van der Waals surface area contributed by atoms with Gasteiger partial charge >= 0.3 is 5.97 Å². The van der Waals surface area contributed by atoms with E-state index in [0.717, 1.165) is 24.4 Å². The Morgan fingerprint density at radius 2 is 2.24 bits per heavy atom. The van der Waals surface area contributed by atoms with Crippen molar-refractivity contribution in [2.24, 2.45) is 0 Å². The van der Waals surface area contributed by atoms with Crippen molar-refractivity contribution in [1.29, 1.82) is 0 Å². The molecule has 0 saturated carbocycles. The first-order valence-corrected chi connectivity index (χ1v) is 7.27. The molecule has 1 N–H and O–H groups in total. The van der Waals surface area contributed by atoms with Crippen LogP contribution >= 0.6 is 0 Å². The van der Waals surface area contributed by atoms with Crippen LogP contribution < -0.4 is 0 Å². The molecule has 0 spiro atoms. The second-order valence-corrected chi connectivity index (χ2v) is 6.24. The van der Waals surface area contributed by atoms with Crippen LogP contribution in [-0.4, -0.2) is 33.8 Å². The molecule has 1 aliphatic rings. The predicted molar refractivity (Wildman–Crippen MR) is 79.9 cm³/mol. The van der Waals surface area contributed by atoms with Crippen LogP contribution in [0.2, 0.25) is 0 Å². The van der Waals surface area contributed by atoms with E-state index in [2.05, 4.69) is 30.3 Å². The summed E-state index contributed by atoms with van der Waals surface area (Å²) >= 11 is 0. The third kappa shape index (κ3) is 2.12. The zero-order valence-electron chi connectivity index (χ0n) is 12.6. The van der Waals surface area contributed by atoms with E-state index in [9.17, 15) is 9.90 Å². The smallest absolute Gasteiger partial charge is 0.337 e. The highest BCUT2D eigenvalue weighted by atomic mass is 16.5. The molecule has 1 aromatic carbocycles. The number of imidazole rings is 1. The van der Waals surface area contributed by atoms with Crippen LogP contribution in [0.3, 0.4) is 0 Å². The van der Waals surface area contributed by atoms with Gasteiger partial charge in [0.2, 0.25) is 0 Å². The molecule has 21 heavy (non-hydrogen) atoms. The number of benzene rings is 1. The largest absolute Gasteiger partial charge is 0.478 e. The summed E-state index contributed by atoms with van der Waals surface area (Å²) in [5, 5.41) is 9.38. The van der Waals surface area contributed by atoms with Crippen molar-refractivity contribution >= 4 is 17.0 Å². The fourth-order valence-corrected chi connectivity index (χ4v) is 3.08. The van der Waals surface area contributed by atoms with E-state index in [1.165, 1.54) is 0 Å². The Hall–Kier alpha value is -1.88. The van der Waals surface area contributed by atoms with Gasteiger partial charge in [-0.1, -0.05) is 19.9 Å². The number of fused-ring (bicyclic) bond motifs is 1. The van der Waals surface area contributed by atoms with Crippen molar-refractivity contribution in [2.75, 3.05) is 13.2 Å². The second kappa shape index (κ2) is 4.84. The lowest BCUT2D eigenvalue weighted by Crippen LogP contribution is -2.32. The van der Waals surface area contributed by atoms with Gasteiger partial charge in [-0.2, -0.15) is 0 Å². The standard InChI is InChI=1S/C16H20N2O3/c1-10(2)14-17-13-11(15(19)20)5-4-6-12(13)18(14)16(3)7-8-21-9-16/h4-6,10H,7-9H2,1-3H3,(H,19,20). The Balaban J connectivity index is 2.33. The highest BCUT2D eigenvalue weighted by molar-refractivity contribution is 6.01. The molecule has 2 heterocycles. The lowest BCUT2D eigenvalue weighted by atomic mass is 9.99. The van der Waals surface area contributed by atoms with E-state index in [1.807, 2.05) is 6.07 Å². The van der Waals surface area contributed by atoms with E-state index in [1.54, 1.807) is 12.1 Å². The molecule has 2 aromatic rings. The molecular formula is C16H20N2O3. The van der Waals surface area contributed by atoms with Gasteiger partial charge in [0.05, 0.1) is 23.2 Å². The third-order valence-corrected chi connectivity index (χ3v) is 4.20. The van der Waals surface area contributed by atoms with Crippen molar-refractivity contribution < 1.29 is 14.6 Å². The number of nitrogens with zero attached hydrogens (tertiary/aromatic N) is 2. The van der Waals surface area contributed by atoms with Gasteiger partial charge in [0.1, 0.15) is 11.3 Å². The number of aromatic nitrogens is 2. The lowest BCUT2D eigenvalue weighted by molar-refractivity contribution is 0.0699. The fraction of sp³-hybridized carbons (Fsp3) is 0.500. The van der Waals surface area contributed by atoms with Crippen LogP contribution in [-0.2, 0) is 10.3 Å². The van der Waals surface area contributed by atoms with Crippen molar-refractivity contribution in [2.45, 2.75) is 38.6 Å². The number of hydrogen-bond acceptors (Lipinski definition) is 3. The Bertz CT molecular complexity index is 697. The summed E-state index contributed by atoms with van der Waals surface area (Å²) < 4.78 is 7.77. The van der Waals surface area contributed by atoms with Gasteiger partial charge in [-0.3, -0.25) is 0 Å². The number of carboxylic acids is 1. The zero-order valence-corrected chi connectivity index (χ0v) is 12.6. The Morgan fingerprint density at radius 3 is 2.81 bits per heavy atom. The Labute approximate surface area is 123 Å². The molecule has 0 aliphatic carbocycles. The first-order chi connectivity index (χ1) is 9.94. The average Bonchev–Trinajstić information content (AvgIpc) is 3.02. The molecule has 1 aromatic heterocycles. The number of carboxylic acid groups (broad SMARTS) is 1. The predicted octanol–water partition coefficient (Wildman–Crippen LogP) is 2.99. The van der Waals surface area contributed by atoms with E-state index >= 15 is 0 Å². The molecule has 0 radical (unpaired) electrons. The monoisotopic (exact) mass is 288 g/mol. The average molecular weight is 288 g/mol. The molecule has 1 fully saturated rings. The molecule has 3 rings (SSSR count). The van der Waals surface area contributed by atoms with Crippen LogP contribution in [0.25, 0.3) is 11.0 Å². The summed E-state index contributed by atoms with van der Waals surface area (Å²) in [4.78, 5) is 16.1. The molecule has 1 unspecified atom stereocenters. The summed E-state index contributed by atoms with van der Waals surface area (Å²) in [5.41, 5.74) is 1.55. The molecular weight excluding hydrogens is 268 g/mol. The summed E-state index contributed by atoms with van der Waals surface area (Å²) in [6.07, 6.45) is 0.912. The highest BCUT2D eigenvalue weighted by Crippen LogP contribution is 2.35. The number of carbonyl (C=O) groups is 1. The van der Waals surface area contributed by atoms with Crippen molar-refractivity contribution in [3.63, 3.8) is 0 Å². The van der Waals surface area contributed by atoms with Crippen LogP contribution in [0.1, 0.15) is 49.3 Å². The van der Waals surface area contributed by atoms with E-state index in [-0.39, 0.29) is 17.0 Å². The third-order valence-electron chi connectivity index (χ3n) is 4.20. The molecule has 5 nitrogen and oxygen atoms in total. The maximum Gasteiger partial charge on any atom is 0.337 e. The van der Waals surface area contributed by atoms with Crippen LogP contribution in [0, 0.1) is 0 Å². The molecule has 1 aliphatic heterocycles. The maximum atomic E-state index is 11.4. The minimum atomic E-state index is -0.937. The summed E-state index contributed by atoms with van der Waals surface area (Å²) in [7, 11) is 0. The molecule has 112 valence electrons. The molecule has 1 atom stereocenters. The van der Waals surface area contributed by atoms with Gasteiger partial charge in [-0.15, -0.1) is 0 Å². The Morgan fingerprint density at radius 1 is 1.48 bits per heavy atom. The number of para-hydroxylation sites is 1. The van der Waals surface area contributed by atoms with Crippen molar-refractivity contribution in [3.8, 4) is 0 Å². The van der Waals surface area contributed by atoms with E-state index < -0.39 is 5.97 Å². The van der Waals surface area contributed by atoms with Gasteiger partial charge in [-0.25, -0.2) is 9.78 Å². The van der Waals surface area contributed by atoms with Crippen molar-refractivity contribution in [3.05, 3.63) is 29.6 Å². The van der Waals surface area contributed by atoms with E-state index in [4.69, 9.17) is 4.74 Å². The topological polar surface area (TPSA) is 64.3 Å². The van der Waals surface area contributed by atoms with Gasteiger partial charge in [0.15, 0.2) is 0 Å². The van der Waals surface area contributed by atoms with E-state index in [0.29, 0.717) is 12.1 Å². The number of aromatic carboxylic acids is 1. The number of rotatable bonds is 3. The number of hydrogen-bond donors (Lipinski definition) is 1. The number of ether oxygens (including phenoxy) is 1. The fourth-order valence-electron chi connectivity index (χ4n) is 3.08. The minimum absolute atomic E-state index is 0.161. The first kappa shape index (κ1) is 14.1. The van der Waals surface area contributed by atoms with Crippen LogP contribution in [0.5, 0.6) is 0 Å². The Kier molecular flexibility index (Phi) is 3.24. The minimum Gasteiger partial charge on any atom is -0.478 e. The quantitative estimate of drug-likeness (QED) is 0.943. The second-order valence-electron chi connectivity index (χ2n) is 6.24. The van der Waals surface area contributed by atoms with Gasteiger partial charge in [-0.05, 0) is 25.5 Å². The SMILES string of the molecule is CC(C)c1nc2c(C(=O)O)cccc2n1C1(C)CCOC1. The zero-order chi connectivity index (χ0) is 15.2. The van der Waals surface area contributed by atoms with Crippen LogP contribution in [0.15, 0.2) is 18.2 Å². The van der Waals surface area contributed by atoms with Gasteiger partial charge in [0, 0.05) is 12.5 Å². The molecule has 1 saturated heterocycles. The van der Waals surface area contributed by atoms with Crippen LogP contribution in [0.4, 0.5) is 0 Å². The molecule has 5 heteroatoms. The summed E-state index contributed by atoms with van der Waals surface area (Å²) in [5.74, 6) is 0.205. The normalized spacial score (nSPS) is 22.3. The van der Waals surface area contributed by atoms with Gasteiger partial charge < -0.3 is 14.4 Å². The maximum absolute atomic E-state index is 11.4. The summed E-state index contributed by atoms with van der Waals surface area (Å²) in [6.45, 7) is 7.68. The van der Waals surface area contributed by atoms with Gasteiger partial charge in [0.25, 0.3) is 0 Å². The first-order valence-electron chi connectivity index (χ1n) is 7.27. The lowest BCUT2D eigenvalue weighted by Gasteiger charge is -2.28. The summed E-state index contributed by atoms with van der Waals surface area (Å²) in [6, 6.07) is 5.34. The molecule has 0 bridgehead atoms.